The van der Waals surface area contributed by atoms with Crippen LogP contribution in [0.4, 0.5) is 35.1 Å². The molecule has 0 aliphatic heterocycles. The molecular formula is C31H31F8N7O3. The van der Waals surface area contributed by atoms with Crippen molar-refractivity contribution in [3.05, 3.63) is 70.6 Å². The van der Waals surface area contributed by atoms with Gasteiger partial charge in [0.2, 0.25) is 5.88 Å². The van der Waals surface area contributed by atoms with Crippen molar-refractivity contribution in [2.24, 2.45) is 20.0 Å². The molecule has 0 unspecified atom stereocenters. The summed E-state index contributed by atoms with van der Waals surface area (Å²) in [7, 11) is 3.05. The number of pyridine rings is 1. The van der Waals surface area contributed by atoms with Gasteiger partial charge >= 0.3 is 12.4 Å². The number of ether oxygens (including phenoxy) is 1. The van der Waals surface area contributed by atoms with Crippen molar-refractivity contribution in [3.8, 4) is 5.88 Å². The number of rotatable bonds is 10. The number of hydrogen-bond acceptors (Lipinski definition) is 6. The molecule has 0 atom stereocenters. The van der Waals surface area contributed by atoms with E-state index in [0.717, 1.165) is 6.07 Å². The van der Waals surface area contributed by atoms with E-state index in [1.165, 1.54) is 40.6 Å². The fourth-order valence-electron chi connectivity index (χ4n) is 5.74. The predicted molar refractivity (Wildman–Crippen MR) is 158 cm³/mol. The van der Waals surface area contributed by atoms with Crippen molar-refractivity contribution in [2.75, 3.05) is 6.61 Å². The van der Waals surface area contributed by atoms with E-state index in [-0.39, 0.29) is 72.6 Å². The molecule has 0 radical (unpaired) electrons. The maximum atomic E-state index is 14.1. The van der Waals surface area contributed by atoms with Gasteiger partial charge in [0.15, 0.2) is 18.1 Å². The third-order valence-corrected chi connectivity index (χ3v) is 8.32. The maximum Gasteiger partial charge on any atom is 0.416 e. The second-order valence-electron chi connectivity index (χ2n) is 11.7. The average molecular weight is 702 g/mol. The van der Waals surface area contributed by atoms with Gasteiger partial charge in [0.25, 0.3) is 18.2 Å². The van der Waals surface area contributed by atoms with E-state index in [4.69, 9.17) is 4.74 Å². The van der Waals surface area contributed by atoms with Crippen LogP contribution < -0.4 is 15.4 Å². The summed E-state index contributed by atoms with van der Waals surface area (Å²) in [6.07, 6.45) is -9.72. The molecule has 0 saturated heterocycles. The number of benzene rings is 1. The van der Waals surface area contributed by atoms with Crippen LogP contribution in [0.3, 0.4) is 0 Å². The molecule has 49 heavy (non-hydrogen) atoms. The SMILES string of the molecule is Cn1ccnc1C(=O)NCc1ccc(C(F)(F)F)c(Cc2nc3cc(C(=O)NC4CCC(C(F)(F)F)CC4)c(OCC(F)F)nc3n2C)c1. The Hall–Kier alpha value is -4.77. The van der Waals surface area contributed by atoms with Crippen LogP contribution >= 0.6 is 0 Å². The van der Waals surface area contributed by atoms with Gasteiger partial charge in [-0.2, -0.15) is 31.3 Å². The standard InChI is InChI=1S/C31H31F8N7O3/c1-45-10-9-40-26(45)28(48)41-14-16-3-8-21(31(37,38)39)17(11-16)12-24-43-22-13-20(29(49-15-23(32)33)44-25(22)46(24)2)27(47)42-19-6-4-18(5-7-19)30(34,35)36/h3,8-11,13,18-19,23H,4-7,12,14-15H2,1-2H3,(H,41,48)(H,42,47). The quantitative estimate of drug-likeness (QED) is 0.204. The number of imidazole rings is 2. The first-order valence-electron chi connectivity index (χ1n) is 15.1. The molecule has 1 fully saturated rings. The molecule has 1 aliphatic carbocycles. The summed E-state index contributed by atoms with van der Waals surface area (Å²) in [4.78, 5) is 38.2. The zero-order valence-electron chi connectivity index (χ0n) is 26.1. The van der Waals surface area contributed by atoms with E-state index in [0.29, 0.717) is 5.56 Å². The molecule has 1 aromatic carbocycles. The summed E-state index contributed by atoms with van der Waals surface area (Å²) in [6.45, 7) is -1.24. The Morgan fingerprint density at radius 3 is 2.33 bits per heavy atom. The first-order valence-corrected chi connectivity index (χ1v) is 15.1. The maximum absolute atomic E-state index is 14.1. The fraction of sp³-hybridized carbons (Fsp3) is 0.452. The van der Waals surface area contributed by atoms with E-state index in [1.54, 1.807) is 13.2 Å². The predicted octanol–water partition coefficient (Wildman–Crippen LogP) is 5.74. The summed E-state index contributed by atoms with van der Waals surface area (Å²) in [5.41, 5.74) is -1.02. The van der Waals surface area contributed by atoms with Crippen molar-refractivity contribution in [1.29, 1.82) is 0 Å². The number of halogens is 8. The highest BCUT2D eigenvalue weighted by Crippen LogP contribution is 2.38. The van der Waals surface area contributed by atoms with E-state index >= 15 is 0 Å². The smallest absolute Gasteiger partial charge is 0.416 e. The summed E-state index contributed by atoms with van der Waals surface area (Å²) < 4.78 is 115. The monoisotopic (exact) mass is 701 g/mol. The molecule has 2 amide bonds. The first-order chi connectivity index (χ1) is 23.0. The molecule has 1 saturated carbocycles. The van der Waals surface area contributed by atoms with Crippen molar-refractivity contribution < 1.29 is 49.4 Å². The molecular weight excluding hydrogens is 670 g/mol. The largest absolute Gasteiger partial charge is 0.471 e. The molecule has 18 heteroatoms. The van der Waals surface area contributed by atoms with Crippen molar-refractivity contribution in [1.82, 2.24) is 34.7 Å². The molecule has 0 bridgehead atoms. The van der Waals surface area contributed by atoms with Gasteiger partial charge in [-0.3, -0.25) is 9.59 Å². The van der Waals surface area contributed by atoms with Gasteiger partial charge in [-0.05, 0) is 48.9 Å². The molecule has 5 rings (SSSR count). The van der Waals surface area contributed by atoms with Gasteiger partial charge in [-0.25, -0.2) is 18.7 Å². The topological polar surface area (TPSA) is 116 Å². The Labute approximate surface area is 273 Å². The van der Waals surface area contributed by atoms with Crippen LogP contribution in [0.15, 0.2) is 36.7 Å². The van der Waals surface area contributed by atoms with E-state index in [9.17, 15) is 44.7 Å². The number of nitrogens with zero attached hydrogens (tertiary/aromatic N) is 5. The minimum Gasteiger partial charge on any atom is -0.471 e. The van der Waals surface area contributed by atoms with Gasteiger partial charge in [-0.1, -0.05) is 12.1 Å². The van der Waals surface area contributed by atoms with Crippen molar-refractivity contribution >= 4 is 23.0 Å². The number of carbonyl (C=O) groups excluding carboxylic acids is 2. The Morgan fingerprint density at radius 2 is 1.71 bits per heavy atom. The number of aromatic nitrogens is 5. The minimum atomic E-state index is -4.74. The van der Waals surface area contributed by atoms with Gasteiger partial charge < -0.3 is 24.5 Å². The van der Waals surface area contributed by atoms with Gasteiger partial charge in [0.05, 0.1) is 11.5 Å². The second-order valence-corrected chi connectivity index (χ2v) is 11.7. The van der Waals surface area contributed by atoms with Gasteiger partial charge in [0.1, 0.15) is 16.9 Å². The number of carbonyl (C=O) groups is 2. The number of nitrogens with one attached hydrogen (secondary N) is 2. The molecule has 0 spiro atoms. The first kappa shape index (κ1) is 35.5. The van der Waals surface area contributed by atoms with Crippen LogP contribution in [0.2, 0.25) is 0 Å². The zero-order chi connectivity index (χ0) is 35.7. The molecule has 10 nitrogen and oxygen atoms in total. The highest BCUT2D eigenvalue weighted by molar-refractivity contribution is 5.99. The number of fused-ring (bicyclic) bond motifs is 1. The van der Waals surface area contributed by atoms with E-state index in [2.05, 4.69) is 25.6 Å². The highest BCUT2D eigenvalue weighted by atomic mass is 19.4. The van der Waals surface area contributed by atoms with Crippen LogP contribution in [-0.2, 0) is 33.2 Å². The lowest BCUT2D eigenvalue weighted by Crippen LogP contribution is -2.40. The van der Waals surface area contributed by atoms with Crippen LogP contribution in [0, 0.1) is 5.92 Å². The molecule has 1 aliphatic rings. The average Bonchev–Trinajstić information content (AvgIpc) is 3.59. The Balaban J connectivity index is 1.42. The second kappa shape index (κ2) is 14.0. The third kappa shape index (κ3) is 8.28. The molecule has 264 valence electrons. The summed E-state index contributed by atoms with van der Waals surface area (Å²) in [6, 6.07) is 3.97. The van der Waals surface area contributed by atoms with Crippen LogP contribution in [0.5, 0.6) is 5.88 Å². The molecule has 2 N–H and O–H groups in total. The Kier molecular flexibility index (Phi) is 10.1. The lowest BCUT2D eigenvalue weighted by molar-refractivity contribution is -0.182. The van der Waals surface area contributed by atoms with Crippen molar-refractivity contribution in [2.45, 2.75) is 63.5 Å². The number of aryl methyl sites for hydroxylation is 2. The van der Waals surface area contributed by atoms with Crippen molar-refractivity contribution in [3.63, 3.8) is 0 Å². The minimum absolute atomic E-state index is 0.0218. The lowest BCUT2D eigenvalue weighted by Gasteiger charge is -2.30. The van der Waals surface area contributed by atoms with Crippen LogP contribution in [0.25, 0.3) is 11.2 Å². The van der Waals surface area contributed by atoms with E-state index < -0.39 is 60.6 Å². The lowest BCUT2D eigenvalue weighted by atomic mass is 9.85. The normalized spacial score (nSPS) is 17.0. The molecule has 3 heterocycles. The highest BCUT2D eigenvalue weighted by Gasteiger charge is 2.41. The van der Waals surface area contributed by atoms with Crippen LogP contribution in [-0.4, -0.2) is 61.2 Å². The summed E-state index contributed by atoms with van der Waals surface area (Å²) in [5, 5.41) is 5.23. The Morgan fingerprint density at radius 1 is 1.00 bits per heavy atom. The van der Waals surface area contributed by atoms with Gasteiger partial charge in [-0.15, -0.1) is 0 Å². The number of alkyl halides is 8. The number of hydrogen-bond donors (Lipinski definition) is 2. The van der Waals surface area contributed by atoms with Gasteiger partial charge in [0, 0.05) is 45.5 Å². The Bertz CT molecular complexity index is 1830. The molecule has 4 aromatic rings. The molecule has 3 aromatic heterocycles. The number of amides is 2. The summed E-state index contributed by atoms with van der Waals surface area (Å²) >= 11 is 0. The third-order valence-electron chi connectivity index (χ3n) is 8.32. The van der Waals surface area contributed by atoms with Crippen LogP contribution in [0.1, 0.15) is 69.2 Å². The summed E-state index contributed by atoms with van der Waals surface area (Å²) in [5.74, 6) is -3.16. The fourth-order valence-corrected chi connectivity index (χ4v) is 5.74. The zero-order valence-corrected chi connectivity index (χ0v) is 26.1. The van der Waals surface area contributed by atoms with E-state index in [1.807, 2.05) is 0 Å².